The SMILES string of the molecule is C.NC[C@@H](O)CNS(=O)(=O)c1ccc(N2CCC[C@@H](NCCO)C2)c(C2=NCN=N2)c1S(N)(=O)=O. The maximum atomic E-state index is 13.0. The van der Waals surface area contributed by atoms with Crippen LogP contribution < -0.4 is 25.8 Å². The number of piperidine rings is 1. The molecule has 1 saturated heterocycles. The standard InChI is InChI=1S/C18H30N8O6S2.CH4/c19-8-13(28)9-24-34(31,32)15-4-3-14(26-6-1-2-12(10-26)21-5-7-27)16(17(15)33(20,29)30)18-22-11-23-25-18;/h3-4,12-13,21,24,27-28H,1-2,5-11,19H2,(H2,20,29,30);1H4/t12-,13-;/m1./s1. The molecule has 0 aromatic heterocycles. The van der Waals surface area contributed by atoms with Crippen LogP contribution in [0.3, 0.4) is 0 Å². The van der Waals surface area contributed by atoms with Gasteiger partial charge in [-0.05, 0) is 25.0 Å². The van der Waals surface area contributed by atoms with Gasteiger partial charge in [-0.15, -0.1) is 5.11 Å². The number of aliphatic hydroxyl groups excluding tert-OH is 2. The number of sulfonamides is 2. The Balaban J connectivity index is 0.00000432. The van der Waals surface area contributed by atoms with Gasteiger partial charge >= 0.3 is 0 Å². The lowest BCUT2D eigenvalue weighted by Gasteiger charge is -2.36. The van der Waals surface area contributed by atoms with Crippen molar-refractivity contribution in [3.63, 3.8) is 0 Å². The number of amidine groups is 1. The molecule has 2 aliphatic heterocycles. The third-order valence-electron chi connectivity index (χ3n) is 5.43. The Bertz CT molecular complexity index is 1160. The molecular weight excluding hydrogens is 500 g/mol. The zero-order chi connectivity index (χ0) is 24.9. The maximum absolute atomic E-state index is 13.0. The summed E-state index contributed by atoms with van der Waals surface area (Å²) in [6, 6.07) is 2.68. The van der Waals surface area contributed by atoms with Crippen molar-refractivity contribution in [1.29, 1.82) is 0 Å². The van der Waals surface area contributed by atoms with Crippen molar-refractivity contribution < 1.29 is 27.0 Å². The van der Waals surface area contributed by atoms with Crippen LogP contribution in [0.1, 0.15) is 25.8 Å². The fraction of sp³-hybridized carbons (Fsp3) is 0.632. The van der Waals surface area contributed by atoms with Crippen molar-refractivity contribution in [3.05, 3.63) is 17.7 Å². The number of hydrogen-bond donors (Lipinski definition) is 6. The van der Waals surface area contributed by atoms with Crippen molar-refractivity contribution in [3.8, 4) is 0 Å². The molecule has 2 aliphatic rings. The minimum atomic E-state index is -4.58. The summed E-state index contributed by atoms with van der Waals surface area (Å²) in [6.07, 6.45) is 0.477. The molecule has 14 nitrogen and oxygen atoms in total. The molecule has 0 unspecified atom stereocenters. The Morgan fingerprint density at radius 1 is 1.26 bits per heavy atom. The van der Waals surface area contributed by atoms with E-state index in [-0.39, 0.29) is 44.7 Å². The smallest absolute Gasteiger partial charge is 0.242 e. The number of benzene rings is 1. The van der Waals surface area contributed by atoms with Crippen LogP contribution in [0.25, 0.3) is 0 Å². The summed E-state index contributed by atoms with van der Waals surface area (Å²) in [7, 11) is -8.99. The Morgan fingerprint density at radius 3 is 2.60 bits per heavy atom. The van der Waals surface area contributed by atoms with E-state index in [1.54, 1.807) is 0 Å². The number of nitrogens with zero attached hydrogens (tertiary/aromatic N) is 4. The van der Waals surface area contributed by atoms with Gasteiger partial charge < -0.3 is 26.2 Å². The zero-order valence-corrected chi connectivity index (χ0v) is 20.1. The van der Waals surface area contributed by atoms with Gasteiger partial charge in [0.25, 0.3) is 0 Å². The molecule has 0 aliphatic carbocycles. The first-order chi connectivity index (χ1) is 16.1. The van der Waals surface area contributed by atoms with Crippen LogP contribution in [0.2, 0.25) is 0 Å². The molecular formula is C19H34N8O6S2. The quantitative estimate of drug-likeness (QED) is 0.190. The monoisotopic (exact) mass is 534 g/mol. The molecule has 0 spiro atoms. The van der Waals surface area contributed by atoms with Crippen LogP contribution in [0.4, 0.5) is 5.69 Å². The molecule has 0 radical (unpaired) electrons. The summed E-state index contributed by atoms with van der Waals surface area (Å²) in [4.78, 5) is 4.80. The Labute approximate surface area is 205 Å². The normalized spacial score (nSPS) is 19.4. The highest BCUT2D eigenvalue weighted by Crippen LogP contribution is 2.35. The molecule has 1 aromatic rings. The topological polar surface area (TPSA) is 225 Å². The van der Waals surface area contributed by atoms with E-state index in [9.17, 15) is 21.9 Å². The number of anilines is 1. The molecule has 0 saturated carbocycles. The molecule has 16 heteroatoms. The summed E-state index contributed by atoms with van der Waals surface area (Å²) in [6.45, 7) is 0.814. The van der Waals surface area contributed by atoms with Gasteiger partial charge in [0, 0.05) is 44.5 Å². The van der Waals surface area contributed by atoms with Crippen molar-refractivity contribution in [1.82, 2.24) is 10.0 Å². The number of aliphatic hydroxyl groups is 2. The average molecular weight is 535 g/mol. The summed E-state index contributed by atoms with van der Waals surface area (Å²) >= 11 is 0. The third kappa shape index (κ3) is 7.01. The van der Waals surface area contributed by atoms with Crippen LogP contribution >= 0.6 is 0 Å². The van der Waals surface area contributed by atoms with Crippen molar-refractivity contribution >= 4 is 31.6 Å². The summed E-state index contributed by atoms with van der Waals surface area (Å²) in [5, 5.41) is 35.2. The molecule has 1 aromatic carbocycles. The van der Waals surface area contributed by atoms with Gasteiger partial charge in [0.15, 0.2) is 12.5 Å². The van der Waals surface area contributed by atoms with E-state index < -0.39 is 42.5 Å². The van der Waals surface area contributed by atoms with Gasteiger partial charge in [0.2, 0.25) is 20.0 Å². The van der Waals surface area contributed by atoms with Gasteiger partial charge in [-0.3, -0.25) is 0 Å². The van der Waals surface area contributed by atoms with Gasteiger partial charge in [0.1, 0.15) is 9.79 Å². The zero-order valence-electron chi connectivity index (χ0n) is 18.5. The predicted molar refractivity (Wildman–Crippen MR) is 131 cm³/mol. The lowest BCUT2D eigenvalue weighted by molar-refractivity contribution is 0.186. The molecule has 1 fully saturated rings. The second-order valence-electron chi connectivity index (χ2n) is 7.90. The van der Waals surface area contributed by atoms with E-state index in [0.717, 1.165) is 18.9 Å². The number of primary sulfonamides is 1. The van der Waals surface area contributed by atoms with Gasteiger partial charge in [0.05, 0.1) is 18.3 Å². The molecule has 3 rings (SSSR count). The van der Waals surface area contributed by atoms with Gasteiger partial charge in [-0.2, -0.15) is 5.11 Å². The average Bonchev–Trinajstić information content (AvgIpc) is 3.34. The lowest BCUT2D eigenvalue weighted by atomic mass is 10.0. The lowest BCUT2D eigenvalue weighted by Crippen LogP contribution is -2.47. The molecule has 0 amide bonds. The van der Waals surface area contributed by atoms with E-state index in [1.165, 1.54) is 6.07 Å². The fourth-order valence-corrected chi connectivity index (χ4v) is 6.55. The Morgan fingerprint density at radius 2 is 2.00 bits per heavy atom. The number of rotatable bonds is 11. The molecule has 198 valence electrons. The first kappa shape index (κ1) is 29.2. The molecule has 35 heavy (non-hydrogen) atoms. The largest absolute Gasteiger partial charge is 0.395 e. The summed E-state index contributed by atoms with van der Waals surface area (Å²) < 4.78 is 53.7. The van der Waals surface area contributed by atoms with E-state index in [0.29, 0.717) is 25.3 Å². The van der Waals surface area contributed by atoms with Gasteiger partial charge in [-0.1, -0.05) is 7.43 Å². The summed E-state index contributed by atoms with van der Waals surface area (Å²) in [5.74, 6) is -0.0384. The predicted octanol–water partition coefficient (Wildman–Crippen LogP) is -1.71. The Kier molecular flexibility index (Phi) is 10.2. The third-order valence-corrected chi connectivity index (χ3v) is 8.02. The maximum Gasteiger partial charge on any atom is 0.242 e. The minimum absolute atomic E-state index is 0. The molecule has 0 bridgehead atoms. The van der Waals surface area contributed by atoms with E-state index >= 15 is 0 Å². The van der Waals surface area contributed by atoms with E-state index in [4.69, 9.17) is 16.0 Å². The number of nitrogens with two attached hydrogens (primary N) is 2. The number of hydrogen-bond acceptors (Lipinski definition) is 12. The van der Waals surface area contributed by atoms with Crippen LogP contribution in [0.5, 0.6) is 0 Å². The summed E-state index contributed by atoms with van der Waals surface area (Å²) in [5.41, 5.74) is 5.68. The van der Waals surface area contributed by atoms with Crippen molar-refractivity contribution in [2.75, 3.05) is 50.9 Å². The van der Waals surface area contributed by atoms with Gasteiger partial charge in [-0.25, -0.2) is 31.7 Å². The van der Waals surface area contributed by atoms with Crippen molar-refractivity contribution in [2.45, 2.75) is 42.2 Å². The molecule has 2 heterocycles. The fourth-order valence-electron chi connectivity index (χ4n) is 3.88. The molecule has 8 N–H and O–H groups in total. The second kappa shape index (κ2) is 12.3. The van der Waals surface area contributed by atoms with Crippen LogP contribution in [0, 0.1) is 0 Å². The first-order valence-corrected chi connectivity index (χ1v) is 13.7. The minimum Gasteiger partial charge on any atom is -0.395 e. The van der Waals surface area contributed by atoms with Crippen molar-refractivity contribution in [2.24, 2.45) is 26.1 Å². The highest BCUT2D eigenvalue weighted by atomic mass is 32.2. The number of nitrogens with one attached hydrogen (secondary N) is 2. The number of aliphatic imine (C=N–C) groups is 1. The van der Waals surface area contributed by atoms with E-state index in [1.807, 2.05) is 4.90 Å². The molecule has 2 atom stereocenters. The number of azo groups is 1. The second-order valence-corrected chi connectivity index (χ2v) is 11.1. The first-order valence-electron chi connectivity index (χ1n) is 10.7. The van der Waals surface area contributed by atoms with E-state index in [2.05, 4.69) is 25.3 Å². The Hall–Kier alpha value is -2.05. The highest BCUT2D eigenvalue weighted by Gasteiger charge is 2.34. The highest BCUT2D eigenvalue weighted by molar-refractivity contribution is 7.92. The van der Waals surface area contributed by atoms with Crippen LogP contribution in [-0.2, 0) is 20.0 Å². The van der Waals surface area contributed by atoms with Crippen LogP contribution in [-0.4, -0.2) is 91.0 Å². The van der Waals surface area contributed by atoms with Crippen LogP contribution in [0.15, 0.2) is 37.1 Å².